The molecule has 1 N–H and O–H groups in total. The van der Waals surface area contributed by atoms with Crippen LogP contribution in [0.25, 0.3) is 0 Å². The van der Waals surface area contributed by atoms with E-state index in [0.717, 1.165) is 74.6 Å². The third-order valence-electron chi connectivity index (χ3n) is 7.42. The Bertz CT molecular complexity index is 983. The Morgan fingerprint density at radius 2 is 1.97 bits per heavy atom. The first-order valence-corrected chi connectivity index (χ1v) is 12.1. The number of methoxy groups -OCH3 is 2. The Morgan fingerprint density at radius 3 is 2.73 bits per heavy atom. The van der Waals surface area contributed by atoms with Gasteiger partial charge in [0.2, 0.25) is 5.91 Å². The number of pyridine rings is 1. The molecule has 7 heteroatoms. The fourth-order valence-corrected chi connectivity index (χ4v) is 5.32. The van der Waals surface area contributed by atoms with Gasteiger partial charge in [0.25, 0.3) is 0 Å². The number of ether oxygens (including phenoxy) is 2. The van der Waals surface area contributed by atoms with Crippen molar-refractivity contribution < 1.29 is 14.3 Å². The maximum Gasteiger partial charge on any atom is 0.230 e. The van der Waals surface area contributed by atoms with Crippen molar-refractivity contribution in [1.82, 2.24) is 4.98 Å². The molecule has 2 aromatic rings. The van der Waals surface area contributed by atoms with Crippen LogP contribution in [0.15, 0.2) is 36.5 Å². The van der Waals surface area contributed by atoms with Crippen molar-refractivity contribution in [3.8, 4) is 0 Å². The van der Waals surface area contributed by atoms with Gasteiger partial charge in [-0.15, -0.1) is 0 Å². The summed E-state index contributed by atoms with van der Waals surface area (Å²) in [6.45, 7) is 3.41. The number of hydrogen-bond acceptors (Lipinski definition) is 6. The molecular weight excluding hydrogens is 416 g/mol. The van der Waals surface area contributed by atoms with Gasteiger partial charge in [-0.2, -0.15) is 0 Å². The number of amides is 1. The lowest BCUT2D eigenvalue weighted by molar-refractivity contribution is -0.124. The van der Waals surface area contributed by atoms with E-state index in [4.69, 9.17) is 9.47 Å². The van der Waals surface area contributed by atoms with E-state index in [1.54, 1.807) is 20.4 Å². The minimum absolute atomic E-state index is 0.0357. The monoisotopic (exact) mass is 450 g/mol. The number of nitrogens with one attached hydrogen (secondary N) is 1. The number of rotatable bonds is 6. The highest BCUT2D eigenvalue weighted by molar-refractivity contribution is 6.00. The van der Waals surface area contributed by atoms with E-state index in [9.17, 15) is 4.79 Å². The van der Waals surface area contributed by atoms with Gasteiger partial charge in [0.05, 0.1) is 24.0 Å². The van der Waals surface area contributed by atoms with Gasteiger partial charge in [-0.25, -0.2) is 4.98 Å². The predicted octanol–water partition coefficient (Wildman–Crippen LogP) is 4.35. The van der Waals surface area contributed by atoms with E-state index in [0.29, 0.717) is 12.5 Å². The molecule has 1 saturated carbocycles. The van der Waals surface area contributed by atoms with Crippen molar-refractivity contribution in [2.75, 3.05) is 49.0 Å². The minimum atomic E-state index is 0.0357. The zero-order valence-electron chi connectivity index (χ0n) is 19.6. The van der Waals surface area contributed by atoms with Crippen LogP contribution >= 0.6 is 0 Å². The van der Waals surface area contributed by atoms with Crippen LogP contribution in [0.1, 0.15) is 37.7 Å². The molecule has 33 heavy (non-hydrogen) atoms. The second-order valence-corrected chi connectivity index (χ2v) is 9.52. The Morgan fingerprint density at radius 1 is 1.15 bits per heavy atom. The van der Waals surface area contributed by atoms with Crippen LogP contribution in [0.3, 0.4) is 0 Å². The molecule has 0 bridgehead atoms. The predicted molar refractivity (Wildman–Crippen MR) is 130 cm³/mol. The first-order chi connectivity index (χ1) is 16.2. The third-order valence-corrected chi connectivity index (χ3v) is 7.42. The summed E-state index contributed by atoms with van der Waals surface area (Å²) in [6, 6.07) is 10.4. The van der Waals surface area contributed by atoms with Gasteiger partial charge >= 0.3 is 0 Å². The molecule has 0 spiro atoms. The van der Waals surface area contributed by atoms with E-state index in [1.165, 1.54) is 5.69 Å². The van der Waals surface area contributed by atoms with Gasteiger partial charge in [0.1, 0.15) is 5.82 Å². The molecule has 0 unspecified atom stereocenters. The summed E-state index contributed by atoms with van der Waals surface area (Å²) >= 11 is 0. The Balaban J connectivity index is 1.41. The Kier molecular flexibility index (Phi) is 6.51. The number of nitrogens with zero attached hydrogens (tertiary/aromatic N) is 3. The van der Waals surface area contributed by atoms with Crippen LogP contribution < -0.4 is 15.1 Å². The number of anilines is 4. The molecule has 3 heterocycles. The fraction of sp³-hybridized carbons (Fsp3) is 0.538. The molecule has 1 amide bonds. The number of hydrogen-bond donors (Lipinski definition) is 1. The van der Waals surface area contributed by atoms with Crippen LogP contribution in [0.4, 0.5) is 22.9 Å². The van der Waals surface area contributed by atoms with E-state index in [1.807, 2.05) is 11.0 Å². The first-order valence-electron chi connectivity index (χ1n) is 12.1. The molecule has 3 aliphatic rings. The van der Waals surface area contributed by atoms with Gasteiger partial charge in [-0.05, 0) is 62.3 Å². The second-order valence-electron chi connectivity index (χ2n) is 9.52. The lowest BCUT2D eigenvalue weighted by Gasteiger charge is -2.41. The van der Waals surface area contributed by atoms with E-state index in [2.05, 4.69) is 39.5 Å². The molecule has 7 nitrogen and oxygen atoms in total. The quantitative estimate of drug-likeness (QED) is 0.706. The Labute approximate surface area is 196 Å². The Hall–Kier alpha value is -2.64. The summed E-state index contributed by atoms with van der Waals surface area (Å²) in [6.07, 6.45) is 6.81. The lowest BCUT2D eigenvalue weighted by atomic mass is 9.86. The van der Waals surface area contributed by atoms with E-state index < -0.39 is 0 Å². The highest BCUT2D eigenvalue weighted by atomic mass is 16.5. The average Bonchev–Trinajstić information content (AvgIpc) is 2.99. The smallest absolute Gasteiger partial charge is 0.230 e. The molecule has 5 rings (SSSR count). The van der Waals surface area contributed by atoms with Crippen molar-refractivity contribution >= 4 is 28.8 Å². The minimum Gasteiger partial charge on any atom is -0.385 e. The summed E-state index contributed by atoms with van der Waals surface area (Å²) in [4.78, 5) is 22.7. The third kappa shape index (κ3) is 4.57. The van der Waals surface area contributed by atoms with Gasteiger partial charge in [0, 0.05) is 57.3 Å². The fourth-order valence-electron chi connectivity index (χ4n) is 5.32. The summed E-state index contributed by atoms with van der Waals surface area (Å²) in [7, 11) is 3.53. The first kappa shape index (κ1) is 22.2. The van der Waals surface area contributed by atoms with Gasteiger partial charge in [0.15, 0.2) is 0 Å². The van der Waals surface area contributed by atoms with Crippen molar-refractivity contribution in [3.63, 3.8) is 0 Å². The molecule has 0 radical (unpaired) electrons. The number of benzene rings is 1. The topological polar surface area (TPSA) is 66.9 Å². The van der Waals surface area contributed by atoms with E-state index in [-0.39, 0.29) is 17.9 Å². The summed E-state index contributed by atoms with van der Waals surface area (Å²) in [5.74, 6) is 1.74. The van der Waals surface area contributed by atoms with Crippen LogP contribution in [0.5, 0.6) is 0 Å². The molecule has 1 aromatic heterocycles. The highest BCUT2D eigenvalue weighted by Gasteiger charge is 2.34. The van der Waals surface area contributed by atoms with Gasteiger partial charge < -0.3 is 24.6 Å². The van der Waals surface area contributed by atoms with Crippen molar-refractivity contribution in [2.24, 2.45) is 11.8 Å². The number of aromatic nitrogens is 1. The van der Waals surface area contributed by atoms with Crippen molar-refractivity contribution in [1.29, 1.82) is 0 Å². The lowest BCUT2D eigenvalue weighted by Crippen LogP contribution is -2.47. The molecule has 1 aliphatic carbocycles. The highest BCUT2D eigenvalue weighted by Crippen LogP contribution is 2.40. The van der Waals surface area contributed by atoms with Crippen molar-refractivity contribution in [2.45, 2.75) is 44.8 Å². The van der Waals surface area contributed by atoms with Gasteiger partial charge in [-0.1, -0.05) is 6.07 Å². The van der Waals surface area contributed by atoms with E-state index >= 15 is 0 Å². The normalized spacial score (nSPS) is 22.6. The SMILES string of the molecule is COCCC1CN(c2ccc3c(c2)N(C(=O)C2CCC(OC)CC2)Cc2cccnc2N3)C1. The summed E-state index contributed by atoms with van der Waals surface area (Å²) in [5, 5.41) is 3.49. The zero-order valence-corrected chi connectivity index (χ0v) is 19.6. The summed E-state index contributed by atoms with van der Waals surface area (Å²) in [5.41, 5.74) is 4.10. The summed E-state index contributed by atoms with van der Waals surface area (Å²) < 4.78 is 10.8. The zero-order chi connectivity index (χ0) is 22.8. The van der Waals surface area contributed by atoms with Crippen LogP contribution in [0, 0.1) is 11.8 Å². The standard InChI is InChI=1S/C26H34N4O3/c1-32-13-11-18-15-29(16-18)21-7-10-23-24(14-21)30(17-20-4-3-12-27-25(20)28-23)26(31)19-5-8-22(33-2)9-6-19/h3-4,7,10,12,14,18-19,22H,5-6,8-9,11,13,15-17H2,1-2H3,(H,27,28). The molecule has 1 aromatic carbocycles. The molecule has 2 fully saturated rings. The molecule has 1 saturated heterocycles. The molecular formula is C26H34N4O3. The second kappa shape index (κ2) is 9.69. The maximum atomic E-state index is 13.8. The van der Waals surface area contributed by atoms with Gasteiger partial charge in [-0.3, -0.25) is 4.79 Å². The maximum absolute atomic E-state index is 13.8. The van der Waals surface area contributed by atoms with Crippen molar-refractivity contribution in [3.05, 3.63) is 42.1 Å². The number of fused-ring (bicyclic) bond motifs is 2. The molecule has 0 atom stereocenters. The number of carbonyl (C=O) groups is 1. The number of carbonyl (C=O) groups excluding carboxylic acids is 1. The van der Waals surface area contributed by atoms with Crippen LogP contribution in [0.2, 0.25) is 0 Å². The van der Waals surface area contributed by atoms with Crippen LogP contribution in [-0.4, -0.2) is 50.9 Å². The molecule has 2 aliphatic heterocycles. The average molecular weight is 451 g/mol. The van der Waals surface area contributed by atoms with Crippen LogP contribution in [-0.2, 0) is 20.8 Å². The molecule has 176 valence electrons. The largest absolute Gasteiger partial charge is 0.385 e.